The molecule has 25 heavy (non-hydrogen) atoms. The molecule has 8 nitrogen and oxygen atoms in total. The number of hydrogen-bond acceptors (Lipinski definition) is 6. The van der Waals surface area contributed by atoms with E-state index in [0.29, 0.717) is 31.9 Å². The molecule has 0 radical (unpaired) electrons. The average Bonchev–Trinajstić information content (AvgIpc) is 2.56. The quantitative estimate of drug-likeness (QED) is 0.643. The third-order valence-electron chi connectivity index (χ3n) is 4.61. The minimum absolute atomic E-state index is 0.000483. The van der Waals surface area contributed by atoms with Gasteiger partial charge in [-0.1, -0.05) is 13.8 Å². The Morgan fingerprint density at radius 2 is 2.12 bits per heavy atom. The van der Waals surface area contributed by atoms with Gasteiger partial charge in [0.1, 0.15) is 5.56 Å². The Kier molecular flexibility index (Phi) is 5.52. The third-order valence-corrected chi connectivity index (χ3v) is 4.61. The van der Waals surface area contributed by atoms with Crippen LogP contribution in [-0.2, 0) is 0 Å². The van der Waals surface area contributed by atoms with Gasteiger partial charge < -0.3 is 20.1 Å². The zero-order valence-electron chi connectivity index (χ0n) is 15.1. The number of carbonyl (C=O) groups excluding carboxylic acids is 1. The summed E-state index contributed by atoms with van der Waals surface area (Å²) in [5, 5.41) is 11.4. The van der Waals surface area contributed by atoms with Crippen molar-refractivity contribution in [2.24, 2.45) is 11.1 Å². The second kappa shape index (κ2) is 7.26. The van der Waals surface area contributed by atoms with Crippen molar-refractivity contribution in [3.8, 4) is 11.5 Å². The first-order valence-electron chi connectivity index (χ1n) is 8.25. The Hall–Kier alpha value is -2.35. The van der Waals surface area contributed by atoms with Crippen LogP contribution in [0.1, 0.15) is 37.6 Å². The molecule has 2 rings (SSSR count). The van der Waals surface area contributed by atoms with E-state index in [1.165, 1.54) is 19.2 Å². The zero-order chi connectivity index (χ0) is 18.8. The van der Waals surface area contributed by atoms with Crippen LogP contribution in [0.15, 0.2) is 12.1 Å². The van der Waals surface area contributed by atoms with E-state index in [4.69, 9.17) is 15.2 Å². The first-order valence-corrected chi connectivity index (χ1v) is 8.25. The van der Waals surface area contributed by atoms with Crippen LogP contribution >= 0.6 is 0 Å². The summed E-state index contributed by atoms with van der Waals surface area (Å²) in [6, 6.07) is 2.62. The van der Waals surface area contributed by atoms with Crippen molar-refractivity contribution in [3.63, 3.8) is 0 Å². The average molecular weight is 351 g/mol. The lowest BCUT2D eigenvalue weighted by Gasteiger charge is -2.42. The van der Waals surface area contributed by atoms with Crippen molar-refractivity contribution < 1.29 is 19.2 Å². The molecule has 1 aliphatic heterocycles. The van der Waals surface area contributed by atoms with E-state index >= 15 is 0 Å². The fraction of sp³-hybridized carbons (Fsp3) is 0.588. The minimum atomic E-state index is -0.577. The molecule has 1 aromatic carbocycles. The van der Waals surface area contributed by atoms with Gasteiger partial charge in [0.15, 0.2) is 11.5 Å². The van der Waals surface area contributed by atoms with Gasteiger partial charge in [-0.15, -0.1) is 0 Å². The van der Waals surface area contributed by atoms with E-state index in [-0.39, 0.29) is 28.5 Å². The number of methoxy groups -OCH3 is 1. The molecular formula is C17H25N3O5. The zero-order valence-corrected chi connectivity index (χ0v) is 15.1. The summed E-state index contributed by atoms with van der Waals surface area (Å²) in [7, 11) is 1.40. The highest BCUT2D eigenvalue weighted by atomic mass is 16.6. The predicted molar refractivity (Wildman–Crippen MR) is 93.1 cm³/mol. The molecule has 1 fully saturated rings. The molecule has 8 heteroatoms. The van der Waals surface area contributed by atoms with Crippen molar-refractivity contribution >= 4 is 11.6 Å². The highest BCUT2D eigenvalue weighted by Gasteiger charge is 2.37. The standard InChI is InChI=1S/C17H25N3O5/c1-5-25-14-8-11(12(20(22)23)9-13(14)24-4)16(21)19-7-6-15(18)17(2,3)10-19/h8-9,15H,5-7,10,18H2,1-4H3. The number of benzene rings is 1. The third kappa shape index (κ3) is 3.84. The predicted octanol–water partition coefficient (Wildman–Crippen LogP) is 2.20. The van der Waals surface area contributed by atoms with Crippen molar-refractivity contribution in [2.75, 3.05) is 26.8 Å². The molecule has 0 saturated carbocycles. The summed E-state index contributed by atoms with van der Waals surface area (Å²) in [6.45, 7) is 7.04. The molecule has 0 spiro atoms. The highest BCUT2D eigenvalue weighted by molar-refractivity contribution is 5.99. The molecule has 1 atom stereocenters. The number of ether oxygens (including phenoxy) is 2. The van der Waals surface area contributed by atoms with Crippen LogP contribution in [0.4, 0.5) is 5.69 Å². The number of carbonyl (C=O) groups is 1. The maximum Gasteiger partial charge on any atom is 0.286 e. The topological polar surface area (TPSA) is 108 Å². The molecule has 0 aliphatic carbocycles. The molecule has 1 aromatic rings. The first-order chi connectivity index (χ1) is 11.7. The number of amides is 1. The number of hydrogen-bond donors (Lipinski definition) is 1. The largest absolute Gasteiger partial charge is 0.493 e. The molecule has 1 saturated heterocycles. The Morgan fingerprint density at radius 3 is 2.64 bits per heavy atom. The molecule has 138 valence electrons. The summed E-state index contributed by atoms with van der Waals surface area (Å²) in [5.41, 5.74) is 5.57. The van der Waals surface area contributed by atoms with Crippen LogP contribution in [0.2, 0.25) is 0 Å². The Balaban J connectivity index is 2.44. The molecule has 2 N–H and O–H groups in total. The SMILES string of the molecule is CCOc1cc(C(=O)N2CCC(N)C(C)(C)C2)c([N+](=O)[O-])cc1OC. The van der Waals surface area contributed by atoms with Crippen LogP contribution in [0.25, 0.3) is 0 Å². The van der Waals surface area contributed by atoms with E-state index < -0.39 is 10.8 Å². The van der Waals surface area contributed by atoms with Gasteiger partial charge >= 0.3 is 0 Å². The molecular weight excluding hydrogens is 326 g/mol. The van der Waals surface area contributed by atoms with Crippen LogP contribution in [-0.4, -0.2) is 48.6 Å². The lowest BCUT2D eigenvalue weighted by molar-refractivity contribution is -0.385. The van der Waals surface area contributed by atoms with Gasteiger partial charge in [-0.2, -0.15) is 0 Å². The molecule has 1 amide bonds. The summed E-state index contributed by atoms with van der Waals surface area (Å²) in [6.07, 6.45) is 0.654. The molecule has 1 heterocycles. The lowest BCUT2D eigenvalue weighted by atomic mass is 9.79. The van der Waals surface area contributed by atoms with Crippen molar-refractivity contribution in [3.05, 3.63) is 27.8 Å². The van der Waals surface area contributed by atoms with Gasteiger partial charge in [-0.05, 0) is 18.8 Å². The number of piperidine rings is 1. The van der Waals surface area contributed by atoms with Crippen molar-refractivity contribution in [1.82, 2.24) is 4.90 Å². The van der Waals surface area contributed by atoms with E-state index in [1.807, 2.05) is 13.8 Å². The Labute approximate surface area is 147 Å². The fourth-order valence-electron chi connectivity index (χ4n) is 3.02. The van der Waals surface area contributed by atoms with Crippen molar-refractivity contribution in [1.29, 1.82) is 0 Å². The molecule has 1 unspecified atom stereocenters. The number of nitrogens with two attached hydrogens (primary N) is 1. The van der Waals surface area contributed by atoms with Crippen molar-refractivity contribution in [2.45, 2.75) is 33.2 Å². The highest BCUT2D eigenvalue weighted by Crippen LogP contribution is 2.36. The van der Waals surface area contributed by atoms with E-state index in [2.05, 4.69) is 0 Å². The number of likely N-dealkylation sites (tertiary alicyclic amines) is 1. The van der Waals surface area contributed by atoms with Gasteiger partial charge in [-0.3, -0.25) is 14.9 Å². The number of rotatable bonds is 5. The van der Waals surface area contributed by atoms with Crippen LogP contribution in [0.5, 0.6) is 11.5 Å². The number of nitro groups is 1. The van der Waals surface area contributed by atoms with E-state index in [0.717, 1.165) is 0 Å². The molecule has 0 aromatic heterocycles. The summed E-state index contributed by atoms with van der Waals surface area (Å²) >= 11 is 0. The fourth-order valence-corrected chi connectivity index (χ4v) is 3.02. The van der Waals surface area contributed by atoms with Gasteiger partial charge in [0.25, 0.3) is 11.6 Å². The summed E-state index contributed by atoms with van der Waals surface area (Å²) in [5.74, 6) is 0.147. The molecule has 0 bridgehead atoms. The first kappa shape index (κ1) is 19.0. The van der Waals surface area contributed by atoms with Crippen LogP contribution in [0.3, 0.4) is 0 Å². The maximum absolute atomic E-state index is 13.0. The van der Waals surface area contributed by atoms with Crippen LogP contribution < -0.4 is 15.2 Å². The Morgan fingerprint density at radius 1 is 1.44 bits per heavy atom. The smallest absolute Gasteiger partial charge is 0.286 e. The van der Waals surface area contributed by atoms with Gasteiger partial charge in [0, 0.05) is 25.2 Å². The molecule has 1 aliphatic rings. The van der Waals surface area contributed by atoms with E-state index in [1.54, 1.807) is 11.8 Å². The summed E-state index contributed by atoms with van der Waals surface area (Å²) < 4.78 is 10.6. The minimum Gasteiger partial charge on any atom is -0.493 e. The maximum atomic E-state index is 13.0. The second-order valence-corrected chi connectivity index (χ2v) is 6.82. The summed E-state index contributed by atoms with van der Waals surface area (Å²) in [4.78, 5) is 25.4. The second-order valence-electron chi connectivity index (χ2n) is 6.82. The normalized spacial score (nSPS) is 19.4. The van der Waals surface area contributed by atoms with Gasteiger partial charge in [0.2, 0.25) is 0 Å². The Bertz CT molecular complexity index is 674. The van der Waals surface area contributed by atoms with Gasteiger partial charge in [0.05, 0.1) is 24.7 Å². The van der Waals surface area contributed by atoms with E-state index in [9.17, 15) is 14.9 Å². The van der Waals surface area contributed by atoms with Crippen LogP contribution in [0, 0.1) is 15.5 Å². The lowest BCUT2D eigenvalue weighted by Crippen LogP contribution is -2.54. The number of nitrogens with zero attached hydrogens (tertiary/aromatic N) is 2. The monoisotopic (exact) mass is 351 g/mol. The number of nitro benzene ring substituents is 1. The van der Waals surface area contributed by atoms with Gasteiger partial charge in [-0.25, -0.2) is 0 Å².